The van der Waals surface area contributed by atoms with E-state index in [2.05, 4.69) is 41.7 Å². The number of carbonyl (C=O) groups is 5. The number of ketones is 1. The predicted octanol–water partition coefficient (Wildman–Crippen LogP) is 4.32. The van der Waals surface area contributed by atoms with Crippen molar-refractivity contribution in [1.82, 2.24) is 26.2 Å². The van der Waals surface area contributed by atoms with Gasteiger partial charge in [0.25, 0.3) is 5.91 Å². The van der Waals surface area contributed by atoms with Gasteiger partial charge in [-0.15, -0.1) is 6.58 Å². The summed E-state index contributed by atoms with van der Waals surface area (Å²) >= 11 is 0. The quantitative estimate of drug-likeness (QED) is 0.151. The van der Waals surface area contributed by atoms with Gasteiger partial charge in [0.05, 0.1) is 22.6 Å². The number of hydrogen-bond donors (Lipinski definition) is 4. The lowest BCUT2D eigenvalue weighted by molar-refractivity contribution is -0.146. The van der Waals surface area contributed by atoms with Gasteiger partial charge in [0, 0.05) is 13.1 Å². The van der Waals surface area contributed by atoms with E-state index >= 15 is 0 Å². The second-order valence-corrected chi connectivity index (χ2v) is 20.5. The van der Waals surface area contributed by atoms with Crippen LogP contribution < -0.4 is 21.3 Å². The fraction of sp³-hybridized carbons (Fsp3) is 0.825. The molecule has 296 valence electrons. The minimum Gasteiger partial charge on any atom is -0.346 e. The second kappa shape index (κ2) is 15.6. The summed E-state index contributed by atoms with van der Waals surface area (Å²) in [5.41, 5.74) is -1.65. The Kier molecular flexibility index (Phi) is 11.7. The summed E-state index contributed by atoms with van der Waals surface area (Å²) in [7, 11) is -3.39. The van der Waals surface area contributed by atoms with Gasteiger partial charge in [-0.1, -0.05) is 84.6 Å². The van der Waals surface area contributed by atoms with Crippen LogP contribution in [-0.4, -0.2) is 90.6 Å². The highest BCUT2D eigenvalue weighted by atomic mass is 32.2. The molecule has 0 aromatic carbocycles. The van der Waals surface area contributed by atoms with Gasteiger partial charge in [0.1, 0.15) is 12.1 Å². The van der Waals surface area contributed by atoms with Crippen LogP contribution in [0.15, 0.2) is 12.7 Å². The number of hydrogen-bond acceptors (Lipinski definition) is 7. The van der Waals surface area contributed by atoms with Crippen molar-refractivity contribution in [1.29, 1.82) is 0 Å². The third-order valence-corrected chi connectivity index (χ3v) is 16.5. The Bertz CT molecular complexity index is 1550. The van der Waals surface area contributed by atoms with E-state index in [-0.39, 0.29) is 35.5 Å². The maximum atomic E-state index is 15.0. The number of Topliss-reactive ketones (excluding diaryl/α,β-unsaturated/α-hetero) is 1. The highest BCUT2D eigenvalue weighted by Crippen LogP contribution is 2.65. The van der Waals surface area contributed by atoms with Gasteiger partial charge < -0.3 is 26.2 Å². The van der Waals surface area contributed by atoms with Crippen molar-refractivity contribution in [2.45, 2.75) is 159 Å². The molecule has 2 heterocycles. The van der Waals surface area contributed by atoms with Crippen LogP contribution in [0.2, 0.25) is 0 Å². The highest BCUT2D eigenvalue weighted by molar-refractivity contribution is 7.92. The van der Waals surface area contributed by atoms with Crippen molar-refractivity contribution in [2.75, 3.05) is 18.8 Å². The standard InChI is InChI=1S/C40H63N5O7S/c1-5-23-41-35(48)32(46)28(18-17-26-15-16-26)42-34(47)31-30-27(38(30,2)3)25-45(31)36(49)33(39(4)19-9-6-10-20-39)43-37(50)44-40(21-11-7-12-22-40)29-14-8-13-24-53(29,51)52/h5,26-31,33H,1,6-25H2,2-4H3,(H,41,48)(H,42,47)(H2,43,44,50)/t27-,28-,29?,30-,31-,33+/m0/s1. The van der Waals surface area contributed by atoms with Crippen molar-refractivity contribution < 1.29 is 32.4 Å². The van der Waals surface area contributed by atoms with Crippen molar-refractivity contribution in [2.24, 2.45) is 28.6 Å². The normalized spacial score (nSPS) is 30.4. The largest absolute Gasteiger partial charge is 0.346 e. The number of amides is 5. The molecule has 6 aliphatic rings. The third-order valence-electron chi connectivity index (χ3n) is 14.1. The number of nitrogens with one attached hydrogen (secondary N) is 4. The Hall–Kier alpha value is -2.96. The average molecular weight is 758 g/mol. The molecule has 12 nitrogen and oxygen atoms in total. The van der Waals surface area contributed by atoms with Gasteiger partial charge in [0.15, 0.2) is 9.84 Å². The average Bonchev–Trinajstić information content (AvgIpc) is 3.99. The maximum Gasteiger partial charge on any atom is 0.315 e. The monoisotopic (exact) mass is 757 g/mol. The van der Waals surface area contributed by atoms with Gasteiger partial charge in [-0.3, -0.25) is 19.2 Å². The zero-order chi connectivity index (χ0) is 38.2. The number of likely N-dealkylation sites (tertiary alicyclic amines) is 1. The minimum atomic E-state index is -3.39. The first-order chi connectivity index (χ1) is 25.1. The van der Waals surface area contributed by atoms with E-state index in [0.717, 1.165) is 77.0 Å². The van der Waals surface area contributed by atoms with E-state index in [1.165, 1.54) is 6.08 Å². The smallest absolute Gasteiger partial charge is 0.315 e. The molecule has 0 bridgehead atoms. The van der Waals surface area contributed by atoms with Crippen LogP contribution in [0.25, 0.3) is 0 Å². The second-order valence-electron chi connectivity index (χ2n) is 18.1. The van der Waals surface area contributed by atoms with Crippen molar-refractivity contribution >= 4 is 39.4 Å². The molecule has 2 saturated heterocycles. The molecular weight excluding hydrogens is 695 g/mol. The Balaban J connectivity index is 1.25. The van der Waals surface area contributed by atoms with Crippen LogP contribution in [0, 0.1) is 28.6 Å². The molecule has 0 spiro atoms. The lowest BCUT2D eigenvalue weighted by atomic mass is 9.70. The molecule has 53 heavy (non-hydrogen) atoms. The van der Waals surface area contributed by atoms with E-state index in [0.29, 0.717) is 44.6 Å². The SMILES string of the molecule is C=CCNC(=O)C(=O)[C@H](CCC1CC1)NC(=O)[C@@H]1[C@@H]2[C@H](CN1C(=O)[C@@H](NC(=O)NC1(C3CCCCS3(=O)=O)CCCCC1)C1(C)CCCCC1)C2(C)C. The fourth-order valence-electron chi connectivity index (χ4n) is 10.6. The number of sulfone groups is 1. The molecule has 0 aromatic rings. The Labute approximate surface area is 316 Å². The van der Waals surface area contributed by atoms with E-state index in [9.17, 15) is 32.4 Å². The Morgan fingerprint density at radius 1 is 0.868 bits per heavy atom. The Morgan fingerprint density at radius 2 is 1.53 bits per heavy atom. The summed E-state index contributed by atoms with van der Waals surface area (Å²) < 4.78 is 26.8. The van der Waals surface area contributed by atoms with Crippen molar-refractivity contribution in [3.8, 4) is 0 Å². The van der Waals surface area contributed by atoms with Crippen LogP contribution in [-0.2, 0) is 29.0 Å². The summed E-state index contributed by atoms with van der Waals surface area (Å²) in [6.07, 6.45) is 14.8. The van der Waals surface area contributed by atoms with Crippen molar-refractivity contribution in [3.63, 3.8) is 0 Å². The minimum absolute atomic E-state index is 0.0781. The number of nitrogens with zero attached hydrogens (tertiary/aromatic N) is 1. The highest BCUT2D eigenvalue weighted by Gasteiger charge is 2.70. The first kappa shape index (κ1) is 39.7. The zero-order valence-electron chi connectivity index (χ0n) is 32.2. The summed E-state index contributed by atoms with van der Waals surface area (Å²) in [4.78, 5) is 71.3. The molecule has 1 unspecified atom stereocenters. The van der Waals surface area contributed by atoms with Gasteiger partial charge >= 0.3 is 6.03 Å². The van der Waals surface area contributed by atoms with Crippen LogP contribution in [0.5, 0.6) is 0 Å². The molecule has 2 aliphatic heterocycles. The molecule has 6 atom stereocenters. The van der Waals surface area contributed by atoms with E-state index in [4.69, 9.17) is 0 Å². The summed E-state index contributed by atoms with van der Waals surface area (Å²) in [6.45, 7) is 10.3. The summed E-state index contributed by atoms with van der Waals surface area (Å²) in [5.74, 6) is -1.67. The van der Waals surface area contributed by atoms with Gasteiger partial charge in [-0.05, 0) is 80.0 Å². The molecule has 13 heteroatoms. The molecule has 0 aromatic heterocycles. The van der Waals surface area contributed by atoms with Crippen LogP contribution in [0.1, 0.15) is 130 Å². The molecule has 6 rings (SSSR count). The van der Waals surface area contributed by atoms with Crippen LogP contribution in [0.4, 0.5) is 4.79 Å². The molecule has 6 fully saturated rings. The van der Waals surface area contributed by atoms with E-state index < -0.39 is 67.8 Å². The van der Waals surface area contributed by atoms with Gasteiger partial charge in [0.2, 0.25) is 17.6 Å². The van der Waals surface area contributed by atoms with E-state index in [1.807, 2.05) is 6.92 Å². The number of fused-ring (bicyclic) bond motifs is 1. The maximum absolute atomic E-state index is 15.0. The van der Waals surface area contributed by atoms with Crippen molar-refractivity contribution in [3.05, 3.63) is 12.7 Å². The lowest BCUT2D eigenvalue weighted by Crippen LogP contribution is -2.66. The van der Waals surface area contributed by atoms with Gasteiger partial charge in [-0.2, -0.15) is 0 Å². The topological polar surface area (TPSA) is 171 Å². The number of rotatable bonds is 14. The summed E-state index contributed by atoms with van der Waals surface area (Å²) in [5, 5.41) is 11.1. The van der Waals surface area contributed by atoms with Crippen LogP contribution in [0.3, 0.4) is 0 Å². The number of urea groups is 1. The Morgan fingerprint density at radius 3 is 2.15 bits per heavy atom. The number of piperidine rings is 1. The van der Waals surface area contributed by atoms with E-state index in [1.54, 1.807) is 4.90 Å². The molecule has 4 aliphatic carbocycles. The molecule has 4 saturated carbocycles. The third kappa shape index (κ3) is 8.34. The lowest BCUT2D eigenvalue weighted by Gasteiger charge is -2.46. The first-order valence-corrected chi connectivity index (χ1v) is 22.2. The predicted molar refractivity (Wildman–Crippen MR) is 202 cm³/mol. The number of carbonyl (C=O) groups excluding carboxylic acids is 5. The molecule has 4 N–H and O–H groups in total. The molecular formula is C40H63N5O7S. The first-order valence-electron chi connectivity index (χ1n) is 20.5. The fourth-order valence-corrected chi connectivity index (χ4v) is 13.0. The van der Waals surface area contributed by atoms with Crippen LogP contribution >= 0.6 is 0 Å². The molecule has 0 radical (unpaired) electrons. The zero-order valence-corrected chi connectivity index (χ0v) is 33.0. The summed E-state index contributed by atoms with van der Waals surface area (Å²) in [6, 6.07) is -3.32. The molecule has 5 amide bonds. The van der Waals surface area contributed by atoms with Gasteiger partial charge in [-0.25, -0.2) is 13.2 Å².